The van der Waals surface area contributed by atoms with E-state index in [9.17, 15) is 9.59 Å². The third kappa shape index (κ3) is 4.15. The molecule has 1 heterocycles. The number of hydrogen-bond donors (Lipinski definition) is 0. The standard InChI is InChI=1S/C20H17NO5S/c1-24-17-10-6-5-9-16(17)18-21-13(12-27-18)11-26-20(23)15-8-4-3-7-14(15)19(22)25-2/h3-10,12H,11H2,1-2H3. The minimum atomic E-state index is -0.608. The molecular weight excluding hydrogens is 366 g/mol. The Kier molecular flexibility index (Phi) is 5.83. The van der Waals surface area contributed by atoms with Crippen LogP contribution in [0.4, 0.5) is 0 Å². The number of para-hydroxylation sites is 1. The molecule has 0 unspecified atom stereocenters. The van der Waals surface area contributed by atoms with E-state index in [1.54, 1.807) is 19.2 Å². The second-order valence-electron chi connectivity index (χ2n) is 5.46. The number of ether oxygens (including phenoxy) is 3. The van der Waals surface area contributed by atoms with E-state index in [1.165, 1.54) is 30.6 Å². The van der Waals surface area contributed by atoms with Crippen LogP contribution in [0.25, 0.3) is 10.6 Å². The number of hydrogen-bond acceptors (Lipinski definition) is 7. The van der Waals surface area contributed by atoms with Crippen molar-refractivity contribution in [3.05, 3.63) is 70.7 Å². The van der Waals surface area contributed by atoms with Gasteiger partial charge < -0.3 is 14.2 Å². The molecule has 27 heavy (non-hydrogen) atoms. The lowest BCUT2D eigenvalue weighted by molar-refractivity contribution is 0.0454. The number of esters is 2. The van der Waals surface area contributed by atoms with Gasteiger partial charge in [0, 0.05) is 5.38 Å². The third-order valence-electron chi connectivity index (χ3n) is 3.79. The molecule has 6 nitrogen and oxygen atoms in total. The van der Waals surface area contributed by atoms with Crippen LogP contribution >= 0.6 is 11.3 Å². The van der Waals surface area contributed by atoms with Crippen LogP contribution in [0.5, 0.6) is 5.75 Å². The van der Waals surface area contributed by atoms with E-state index in [1.807, 2.05) is 29.6 Å². The van der Waals surface area contributed by atoms with Crippen LogP contribution in [0.2, 0.25) is 0 Å². The number of aromatic nitrogens is 1. The van der Waals surface area contributed by atoms with Crippen molar-refractivity contribution in [1.29, 1.82) is 0 Å². The van der Waals surface area contributed by atoms with Gasteiger partial charge in [-0.2, -0.15) is 0 Å². The van der Waals surface area contributed by atoms with Gasteiger partial charge in [0.15, 0.2) is 0 Å². The number of methoxy groups -OCH3 is 2. The highest BCUT2D eigenvalue weighted by atomic mass is 32.1. The van der Waals surface area contributed by atoms with Gasteiger partial charge in [0.1, 0.15) is 17.4 Å². The summed E-state index contributed by atoms with van der Waals surface area (Å²) in [6.45, 7) is -0.0000106. The summed E-state index contributed by atoms with van der Waals surface area (Å²) < 4.78 is 15.4. The maximum atomic E-state index is 12.4. The van der Waals surface area contributed by atoms with Crippen molar-refractivity contribution in [3.8, 4) is 16.3 Å². The molecular formula is C20H17NO5S. The molecule has 0 atom stereocenters. The molecule has 0 N–H and O–H groups in total. The predicted molar refractivity (Wildman–Crippen MR) is 101 cm³/mol. The minimum absolute atomic E-state index is 0.0000106. The highest BCUT2D eigenvalue weighted by molar-refractivity contribution is 7.13. The first-order valence-corrected chi connectivity index (χ1v) is 8.94. The molecule has 138 valence electrons. The van der Waals surface area contributed by atoms with Crippen molar-refractivity contribution in [3.63, 3.8) is 0 Å². The monoisotopic (exact) mass is 383 g/mol. The lowest BCUT2D eigenvalue weighted by Crippen LogP contribution is -2.12. The molecule has 0 aliphatic rings. The summed E-state index contributed by atoms with van der Waals surface area (Å²) in [6.07, 6.45) is 0. The zero-order valence-electron chi connectivity index (χ0n) is 14.8. The maximum absolute atomic E-state index is 12.4. The van der Waals surface area contributed by atoms with Gasteiger partial charge in [-0.25, -0.2) is 14.6 Å². The van der Waals surface area contributed by atoms with Crippen molar-refractivity contribution < 1.29 is 23.8 Å². The first-order valence-electron chi connectivity index (χ1n) is 8.06. The Morgan fingerprint density at radius 1 is 0.963 bits per heavy atom. The van der Waals surface area contributed by atoms with Gasteiger partial charge in [0.2, 0.25) is 0 Å². The Hall–Kier alpha value is -3.19. The highest BCUT2D eigenvalue weighted by Gasteiger charge is 2.19. The highest BCUT2D eigenvalue weighted by Crippen LogP contribution is 2.32. The second kappa shape index (κ2) is 8.46. The molecule has 3 rings (SSSR count). The van der Waals surface area contributed by atoms with Gasteiger partial charge in [-0.1, -0.05) is 24.3 Å². The van der Waals surface area contributed by atoms with Crippen LogP contribution in [0.3, 0.4) is 0 Å². The number of rotatable bonds is 6. The van der Waals surface area contributed by atoms with Crippen molar-refractivity contribution >= 4 is 23.3 Å². The molecule has 0 saturated heterocycles. The van der Waals surface area contributed by atoms with E-state index in [-0.39, 0.29) is 17.7 Å². The third-order valence-corrected chi connectivity index (χ3v) is 4.72. The predicted octanol–water partition coefficient (Wildman–Crippen LogP) is 3.96. The van der Waals surface area contributed by atoms with E-state index in [2.05, 4.69) is 4.98 Å². The molecule has 0 aliphatic carbocycles. The van der Waals surface area contributed by atoms with E-state index in [0.717, 1.165) is 16.3 Å². The Morgan fingerprint density at radius 2 is 1.63 bits per heavy atom. The number of nitrogens with zero attached hydrogens (tertiary/aromatic N) is 1. The SMILES string of the molecule is COC(=O)c1ccccc1C(=O)OCc1csc(-c2ccccc2OC)n1. The molecule has 0 spiro atoms. The topological polar surface area (TPSA) is 74.7 Å². The number of benzene rings is 2. The lowest BCUT2D eigenvalue weighted by Gasteiger charge is -2.07. The number of thiazole rings is 1. The largest absolute Gasteiger partial charge is 0.496 e. The van der Waals surface area contributed by atoms with Crippen LogP contribution in [0, 0.1) is 0 Å². The summed E-state index contributed by atoms with van der Waals surface area (Å²) in [4.78, 5) is 28.6. The molecule has 0 amide bonds. The molecule has 0 fully saturated rings. The van der Waals surface area contributed by atoms with Crippen LogP contribution in [-0.4, -0.2) is 31.1 Å². The molecule has 0 bridgehead atoms. The van der Waals surface area contributed by atoms with Gasteiger partial charge in [-0.05, 0) is 24.3 Å². The Morgan fingerprint density at radius 3 is 2.33 bits per heavy atom. The lowest BCUT2D eigenvalue weighted by atomic mass is 10.1. The first-order chi connectivity index (χ1) is 13.1. The molecule has 0 radical (unpaired) electrons. The van der Waals surface area contributed by atoms with Crippen molar-refractivity contribution in [1.82, 2.24) is 4.98 Å². The average Bonchev–Trinajstić information content (AvgIpc) is 3.20. The number of carbonyl (C=O) groups excluding carboxylic acids is 2. The molecule has 7 heteroatoms. The molecule has 0 saturated carbocycles. The fourth-order valence-electron chi connectivity index (χ4n) is 2.48. The fourth-order valence-corrected chi connectivity index (χ4v) is 3.32. The van der Waals surface area contributed by atoms with Gasteiger partial charge in [0.05, 0.1) is 36.6 Å². The van der Waals surface area contributed by atoms with E-state index in [4.69, 9.17) is 14.2 Å². The fraction of sp³-hybridized carbons (Fsp3) is 0.150. The zero-order valence-corrected chi connectivity index (χ0v) is 15.6. The minimum Gasteiger partial charge on any atom is -0.496 e. The normalized spacial score (nSPS) is 10.3. The summed E-state index contributed by atoms with van der Waals surface area (Å²) in [5.41, 5.74) is 1.81. The van der Waals surface area contributed by atoms with E-state index in [0.29, 0.717) is 5.69 Å². The van der Waals surface area contributed by atoms with E-state index < -0.39 is 11.9 Å². The van der Waals surface area contributed by atoms with Gasteiger partial charge in [-0.3, -0.25) is 0 Å². The molecule has 2 aromatic carbocycles. The Balaban J connectivity index is 1.73. The molecule has 1 aromatic heterocycles. The smallest absolute Gasteiger partial charge is 0.339 e. The first kappa shape index (κ1) is 18.6. The van der Waals surface area contributed by atoms with Gasteiger partial charge in [0.25, 0.3) is 0 Å². The van der Waals surface area contributed by atoms with Crippen molar-refractivity contribution in [2.24, 2.45) is 0 Å². The van der Waals surface area contributed by atoms with E-state index >= 15 is 0 Å². The quantitative estimate of drug-likeness (QED) is 0.600. The zero-order chi connectivity index (χ0) is 19.2. The Bertz CT molecular complexity index is 966. The van der Waals surface area contributed by atoms with Gasteiger partial charge in [-0.15, -0.1) is 11.3 Å². The Labute approximate surface area is 160 Å². The van der Waals surface area contributed by atoms with Crippen molar-refractivity contribution in [2.75, 3.05) is 14.2 Å². The summed E-state index contributed by atoms with van der Waals surface area (Å²) in [5, 5.41) is 2.59. The van der Waals surface area contributed by atoms with Crippen molar-refractivity contribution in [2.45, 2.75) is 6.61 Å². The number of carbonyl (C=O) groups is 2. The van der Waals surface area contributed by atoms with Gasteiger partial charge >= 0.3 is 11.9 Å². The van der Waals surface area contributed by atoms with Crippen LogP contribution < -0.4 is 4.74 Å². The molecule has 3 aromatic rings. The van der Waals surface area contributed by atoms with Crippen LogP contribution in [0.15, 0.2) is 53.9 Å². The summed E-state index contributed by atoms with van der Waals surface area (Å²) in [5.74, 6) is -0.472. The summed E-state index contributed by atoms with van der Waals surface area (Å²) in [7, 11) is 2.87. The van der Waals surface area contributed by atoms with Crippen LogP contribution in [-0.2, 0) is 16.1 Å². The van der Waals surface area contributed by atoms with Crippen LogP contribution in [0.1, 0.15) is 26.4 Å². The maximum Gasteiger partial charge on any atom is 0.339 e. The average molecular weight is 383 g/mol. The summed E-state index contributed by atoms with van der Waals surface area (Å²) in [6, 6.07) is 13.9. The molecule has 0 aliphatic heterocycles. The summed E-state index contributed by atoms with van der Waals surface area (Å²) >= 11 is 1.43. The second-order valence-corrected chi connectivity index (χ2v) is 6.32.